The van der Waals surface area contributed by atoms with Crippen molar-refractivity contribution in [1.29, 1.82) is 0 Å². The highest BCUT2D eigenvalue weighted by Gasteiger charge is 2.48. The van der Waals surface area contributed by atoms with E-state index in [1.165, 1.54) is 0 Å². The lowest BCUT2D eigenvalue weighted by atomic mass is 9.79. The smallest absolute Gasteiger partial charge is 0.160 e. The molecule has 0 amide bonds. The first-order chi connectivity index (χ1) is 20.7. The Hall–Kier alpha value is -5.38. The Balaban J connectivity index is 1.52. The van der Waals surface area contributed by atoms with Crippen LogP contribution >= 0.6 is 0 Å². The highest BCUT2D eigenvalue weighted by molar-refractivity contribution is 5.99. The van der Waals surface area contributed by atoms with Crippen LogP contribution in [0.1, 0.15) is 16.7 Å². The first kappa shape index (κ1) is 24.4. The van der Waals surface area contributed by atoms with Crippen LogP contribution in [-0.4, -0.2) is 15.1 Å². The molecule has 0 spiro atoms. The van der Waals surface area contributed by atoms with Gasteiger partial charge in [0.25, 0.3) is 0 Å². The second-order valence-electron chi connectivity index (χ2n) is 10.7. The van der Waals surface area contributed by atoms with Gasteiger partial charge in [0.1, 0.15) is 5.60 Å². The first-order valence-corrected chi connectivity index (χ1v) is 14.2. The molecule has 0 aliphatic heterocycles. The van der Waals surface area contributed by atoms with Crippen molar-refractivity contribution >= 4 is 10.8 Å². The topological polar surface area (TPSA) is 46.0 Å². The number of hydrogen-bond donors (Lipinski definition) is 1. The lowest BCUT2D eigenvalue weighted by Gasteiger charge is -2.30. The monoisotopic (exact) mass is 538 g/mol. The molecule has 42 heavy (non-hydrogen) atoms. The SMILES string of the molecule is OC1(c2ccccc2-c2ccccc2)c2ccccc2-c2nc(-c3ccccc3)nc(-c3cccc4ccccc34)c21. The van der Waals surface area contributed by atoms with Gasteiger partial charge in [0.2, 0.25) is 0 Å². The van der Waals surface area contributed by atoms with Crippen molar-refractivity contribution in [1.82, 2.24) is 9.97 Å². The molecule has 3 heteroatoms. The molecular formula is C39H26N2O. The van der Waals surface area contributed by atoms with Crippen molar-refractivity contribution in [3.63, 3.8) is 0 Å². The van der Waals surface area contributed by atoms with Gasteiger partial charge >= 0.3 is 0 Å². The second kappa shape index (κ2) is 9.62. The quantitative estimate of drug-likeness (QED) is 0.243. The molecule has 0 saturated heterocycles. The summed E-state index contributed by atoms with van der Waals surface area (Å²) in [6.07, 6.45) is 0. The molecule has 1 heterocycles. The molecule has 1 unspecified atom stereocenters. The van der Waals surface area contributed by atoms with Crippen molar-refractivity contribution in [2.24, 2.45) is 0 Å². The highest BCUT2D eigenvalue weighted by atomic mass is 16.3. The van der Waals surface area contributed by atoms with Crippen molar-refractivity contribution in [3.8, 4) is 45.0 Å². The van der Waals surface area contributed by atoms with Crippen molar-refractivity contribution in [2.75, 3.05) is 0 Å². The predicted molar refractivity (Wildman–Crippen MR) is 170 cm³/mol. The minimum atomic E-state index is -1.49. The zero-order chi connectivity index (χ0) is 28.1. The normalized spacial score (nSPS) is 15.4. The molecule has 1 aliphatic carbocycles. The third-order valence-corrected chi connectivity index (χ3v) is 8.32. The average molecular weight is 539 g/mol. The van der Waals surface area contributed by atoms with E-state index in [1.807, 2.05) is 91.0 Å². The maximum atomic E-state index is 13.3. The molecule has 1 aliphatic rings. The van der Waals surface area contributed by atoms with Crippen molar-refractivity contribution < 1.29 is 5.11 Å². The van der Waals surface area contributed by atoms with Crippen LogP contribution in [0.3, 0.4) is 0 Å². The predicted octanol–water partition coefficient (Wildman–Crippen LogP) is 8.90. The van der Waals surface area contributed by atoms with Crippen LogP contribution in [0, 0.1) is 0 Å². The molecule has 8 rings (SSSR count). The van der Waals surface area contributed by atoms with Gasteiger partial charge in [0, 0.05) is 33.4 Å². The zero-order valence-electron chi connectivity index (χ0n) is 22.8. The Kier molecular flexibility index (Phi) is 5.59. The van der Waals surface area contributed by atoms with Crippen LogP contribution in [0.2, 0.25) is 0 Å². The lowest BCUT2D eigenvalue weighted by Crippen LogP contribution is -2.28. The minimum Gasteiger partial charge on any atom is -0.376 e. The van der Waals surface area contributed by atoms with Crippen molar-refractivity contribution in [2.45, 2.75) is 5.60 Å². The Morgan fingerprint density at radius 3 is 1.67 bits per heavy atom. The second-order valence-corrected chi connectivity index (χ2v) is 10.7. The molecule has 0 saturated carbocycles. The standard InChI is InChI=1S/C39H26N2O/c42-39(33-24-11-9-21-30(33)27-14-3-1-4-15-27)34-25-12-10-22-32(34)37-35(39)36(40-38(41-37)28-17-5-2-6-18-28)31-23-13-19-26-16-7-8-20-29(26)31/h1-25,42H. The molecule has 6 aromatic carbocycles. The largest absolute Gasteiger partial charge is 0.376 e. The number of hydrogen-bond acceptors (Lipinski definition) is 3. The summed E-state index contributed by atoms with van der Waals surface area (Å²) in [6.45, 7) is 0. The van der Waals surface area contributed by atoms with Gasteiger partial charge in [-0.2, -0.15) is 0 Å². The third-order valence-electron chi connectivity index (χ3n) is 8.32. The summed E-state index contributed by atoms with van der Waals surface area (Å²) in [5, 5.41) is 15.5. The Bertz CT molecular complexity index is 2100. The van der Waals surface area contributed by atoms with E-state index in [0.717, 1.165) is 61.1 Å². The highest BCUT2D eigenvalue weighted by Crippen LogP contribution is 2.55. The van der Waals surface area contributed by atoms with E-state index in [1.54, 1.807) is 0 Å². The van der Waals surface area contributed by atoms with Gasteiger partial charge in [0.15, 0.2) is 5.82 Å². The average Bonchev–Trinajstić information content (AvgIpc) is 3.34. The van der Waals surface area contributed by atoms with E-state index in [9.17, 15) is 5.11 Å². The molecule has 1 aromatic heterocycles. The summed E-state index contributed by atoms with van der Waals surface area (Å²) in [5.41, 5.74) is 7.16. The molecule has 1 atom stereocenters. The van der Waals surface area contributed by atoms with E-state index in [-0.39, 0.29) is 0 Å². The number of benzene rings is 6. The minimum absolute atomic E-state index is 0.632. The molecule has 198 valence electrons. The maximum Gasteiger partial charge on any atom is 0.160 e. The van der Waals surface area contributed by atoms with Gasteiger partial charge in [-0.25, -0.2) is 9.97 Å². The van der Waals surface area contributed by atoms with E-state index >= 15 is 0 Å². The molecule has 1 N–H and O–H groups in total. The van der Waals surface area contributed by atoms with Crippen LogP contribution in [0.15, 0.2) is 152 Å². The number of fused-ring (bicyclic) bond motifs is 4. The maximum absolute atomic E-state index is 13.3. The lowest BCUT2D eigenvalue weighted by molar-refractivity contribution is 0.131. The fraction of sp³-hybridized carbons (Fsp3) is 0.0256. The molecule has 0 radical (unpaired) electrons. The number of aromatic nitrogens is 2. The Morgan fingerprint density at radius 1 is 0.429 bits per heavy atom. The van der Waals surface area contributed by atoms with E-state index in [4.69, 9.17) is 9.97 Å². The van der Waals surface area contributed by atoms with E-state index in [2.05, 4.69) is 60.7 Å². The van der Waals surface area contributed by atoms with Crippen molar-refractivity contribution in [3.05, 3.63) is 168 Å². The van der Waals surface area contributed by atoms with Gasteiger partial charge in [-0.3, -0.25) is 0 Å². The van der Waals surface area contributed by atoms with Crippen LogP contribution in [0.25, 0.3) is 55.8 Å². The molecule has 3 nitrogen and oxygen atoms in total. The number of nitrogens with zero attached hydrogens (tertiary/aromatic N) is 2. The fourth-order valence-corrected chi connectivity index (χ4v) is 6.43. The molecule has 0 bridgehead atoms. The number of rotatable bonds is 4. The van der Waals surface area contributed by atoms with Gasteiger partial charge < -0.3 is 5.11 Å². The summed E-state index contributed by atoms with van der Waals surface area (Å²) in [6, 6.07) is 51.2. The van der Waals surface area contributed by atoms with E-state index in [0.29, 0.717) is 11.4 Å². The van der Waals surface area contributed by atoms with Crippen LogP contribution < -0.4 is 0 Å². The van der Waals surface area contributed by atoms with Gasteiger partial charge in [-0.05, 0) is 21.9 Å². The van der Waals surface area contributed by atoms with Crippen LogP contribution in [0.4, 0.5) is 0 Å². The fourth-order valence-electron chi connectivity index (χ4n) is 6.43. The number of aliphatic hydroxyl groups is 1. The molecular weight excluding hydrogens is 512 g/mol. The Morgan fingerprint density at radius 2 is 0.929 bits per heavy atom. The Labute approximate surface area is 244 Å². The van der Waals surface area contributed by atoms with Gasteiger partial charge in [-0.1, -0.05) is 152 Å². The first-order valence-electron chi connectivity index (χ1n) is 14.2. The summed E-state index contributed by atoms with van der Waals surface area (Å²) >= 11 is 0. The molecule has 7 aromatic rings. The van der Waals surface area contributed by atoms with Gasteiger partial charge in [-0.15, -0.1) is 0 Å². The zero-order valence-corrected chi connectivity index (χ0v) is 22.8. The summed E-state index contributed by atoms with van der Waals surface area (Å²) in [7, 11) is 0. The summed E-state index contributed by atoms with van der Waals surface area (Å²) in [4.78, 5) is 10.5. The summed E-state index contributed by atoms with van der Waals surface area (Å²) < 4.78 is 0. The van der Waals surface area contributed by atoms with E-state index < -0.39 is 5.60 Å². The third kappa shape index (κ3) is 3.64. The van der Waals surface area contributed by atoms with Crippen LogP contribution in [-0.2, 0) is 5.60 Å². The summed E-state index contributed by atoms with van der Waals surface area (Å²) in [5.74, 6) is 0.632. The molecule has 0 fully saturated rings. The van der Waals surface area contributed by atoms with Crippen LogP contribution in [0.5, 0.6) is 0 Å². The van der Waals surface area contributed by atoms with Gasteiger partial charge in [0.05, 0.1) is 11.4 Å².